The Kier molecular flexibility index (Phi) is 7.82. The second-order valence-corrected chi connectivity index (χ2v) is 6.13. The fourth-order valence-electron chi connectivity index (χ4n) is 2.44. The van der Waals surface area contributed by atoms with Crippen molar-refractivity contribution in [3.8, 4) is 0 Å². The summed E-state index contributed by atoms with van der Waals surface area (Å²) in [6.45, 7) is 4.18. The van der Waals surface area contributed by atoms with Crippen LogP contribution in [0, 0.1) is 0 Å². The Morgan fingerprint density at radius 2 is 1.65 bits per heavy atom. The van der Waals surface area contributed by atoms with Gasteiger partial charge in [0.2, 0.25) is 5.91 Å². The summed E-state index contributed by atoms with van der Waals surface area (Å²) in [5, 5.41) is 0.612. The molecule has 2 amide bonds. The molecule has 1 aromatic carbocycles. The average Bonchev–Trinajstić information content (AvgIpc) is 2.53. The molecule has 1 aliphatic heterocycles. The zero-order chi connectivity index (χ0) is 16.1. The van der Waals surface area contributed by atoms with Crippen LogP contribution in [0.2, 0.25) is 5.02 Å². The predicted molar refractivity (Wildman–Crippen MR) is 94.1 cm³/mol. The van der Waals surface area contributed by atoms with E-state index in [1.165, 1.54) is 0 Å². The zero-order valence-corrected chi connectivity index (χ0v) is 14.8. The summed E-state index contributed by atoms with van der Waals surface area (Å²) < 4.78 is 0. The largest absolute Gasteiger partial charge is 0.339 e. The number of rotatable bonds is 4. The minimum absolute atomic E-state index is 0. The van der Waals surface area contributed by atoms with E-state index in [9.17, 15) is 9.59 Å². The molecule has 7 heteroatoms. The van der Waals surface area contributed by atoms with Crippen molar-refractivity contribution in [1.29, 1.82) is 0 Å². The lowest BCUT2D eigenvalue weighted by molar-refractivity contribution is -0.132. The van der Waals surface area contributed by atoms with Crippen LogP contribution in [0.15, 0.2) is 24.3 Å². The van der Waals surface area contributed by atoms with Gasteiger partial charge >= 0.3 is 0 Å². The molecule has 2 rings (SSSR count). The van der Waals surface area contributed by atoms with Gasteiger partial charge in [0.05, 0.1) is 0 Å². The Hall–Kier alpha value is -1.30. The highest BCUT2D eigenvalue weighted by Gasteiger charge is 2.24. The maximum absolute atomic E-state index is 12.4. The highest BCUT2D eigenvalue weighted by Crippen LogP contribution is 2.13. The highest BCUT2D eigenvalue weighted by atomic mass is 35.5. The summed E-state index contributed by atoms with van der Waals surface area (Å²) in [4.78, 5) is 28.0. The Bertz CT molecular complexity index is 527. The maximum atomic E-state index is 12.4. The van der Waals surface area contributed by atoms with E-state index in [0.29, 0.717) is 49.6 Å². The van der Waals surface area contributed by atoms with Gasteiger partial charge in [-0.25, -0.2) is 0 Å². The SMILES string of the molecule is CC(N)CCC(=O)N1CCN(C(=O)c2ccc(Cl)cc2)CC1.Cl. The second kappa shape index (κ2) is 9.11. The fourth-order valence-corrected chi connectivity index (χ4v) is 2.57. The first-order chi connectivity index (χ1) is 10.5. The highest BCUT2D eigenvalue weighted by molar-refractivity contribution is 6.30. The Labute approximate surface area is 148 Å². The minimum atomic E-state index is -0.0145. The third-order valence-corrected chi connectivity index (χ3v) is 4.08. The van der Waals surface area contributed by atoms with Crippen molar-refractivity contribution in [3.05, 3.63) is 34.9 Å². The number of amides is 2. The summed E-state index contributed by atoms with van der Waals surface area (Å²) in [7, 11) is 0. The van der Waals surface area contributed by atoms with E-state index in [-0.39, 0.29) is 30.3 Å². The van der Waals surface area contributed by atoms with Gasteiger partial charge in [0, 0.05) is 49.2 Å². The number of nitrogens with two attached hydrogens (primary N) is 1. The van der Waals surface area contributed by atoms with Crippen molar-refractivity contribution in [3.63, 3.8) is 0 Å². The van der Waals surface area contributed by atoms with Crippen LogP contribution in [0.5, 0.6) is 0 Å². The first kappa shape index (κ1) is 19.7. The molecule has 0 spiro atoms. The summed E-state index contributed by atoms with van der Waals surface area (Å²) in [5.41, 5.74) is 6.30. The number of carbonyl (C=O) groups excluding carboxylic acids is 2. The summed E-state index contributed by atoms with van der Waals surface area (Å²) in [5.74, 6) is 0.107. The van der Waals surface area contributed by atoms with Crippen molar-refractivity contribution in [2.45, 2.75) is 25.8 Å². The molecule has 2 N–H and O–H groups in total. The van der Waals surface area contributed by atoms with Gasteiger partial charge in [-0.15, -0.1) is 12.4 Å². The number of hydrogen-bond donors (Lipinski definition) is 1. The molecule has 1 saturated heterocycles. The molecule has 0 saturated carbocycles. The zero-order valence-electron chi connectivity index (χ0n) is 13.2. The number of benzene rings is 1. The molecule has 1 atom stereocenters. The summed E-state index contributed by atoms with van der Waals surface area (Å²) >= 11 is 5.83. The molecular weight excluding hydrogens is 337 g/mol. The van der Waals surface area contributed by atoms with Gasteiger partial charge in [0.25, 0.3) is 5.91 Å². The monoisotopic (exact) mass is 359 g/mol. The number of nitrogens with zero attached hydrogens (tertiary/aromatic N) is 2. The van der Waals surface area contributed by atoms with E-state index in [1.807, 2.05) is 11.8 Å². The molecule has 0 radical (unpaired) electrons. The minimum Gasteiger partial charge on any atom is -0.339 e. The van der Waals surface area contributed by atoms with Crippen LogP contribution in [0.4, 0.5) is 0 Å². The number of halogens is 2. The van der Waals surface area contributed by atoms with Crippen LogP contribution in [0.1, 0.15) is 30.1 Å². The van der Waals surface area contributed by atoms with Gasteiger partial charge in [-0.05, 0) is 37.6 Å². The smallest absolute Gasteiger partial charge is 0.253 e. The molecule has 128 valence electrons. The normalized spacial score (nSPS) is 15.8. The summed E-state index contributed by atoms with van der Waals surface area (Å²) in [6, 6.07) is 6.91. The van der Waals surface area contributed by atoms with E-state index in [1.54, 1.807) is 29.2 Å². The molecule has 23 heavy (non-hydrogen) atoms. The van der Waals surface area contributed by atoms with Crippen LogP contribution in [-0.4, -0.2) is 53.8 Å². The van der Waals surface area contributed by atoms with Crippen molar-refractivity contribution >= 4 is 35.8 Å². The molecular formula is C16H23Cl2N3O2. The fraction of sp³-hybridized carbons (Fsp3) is 0.500. The van der Waals surface area contributed by atoms with Crippen LogP contribution in [-0.2, 0) is 4.79 Å². The van der Waals surface area contributed by atoms with Gasteiger partial charge in [-0.3, -0.25) is 9.59 Å². The lowest BCUT2D eigenvalue weighted by atomic mass is 10.1. The quantitative estimate of drug-likeness (QED) is 0.895. The van der Waals surface area contributed by atoms with Gasteiger partial charge < -0.3 is 15.5 Å². The van der Waals surface area contributed by atoms with Gasteiger partial charge in [0.15, 0.2) is 0 Å². The molecule has 1 fully saturated rings. The Morgan fingerprint density at radius 3 is 2.17 bits per heavy atom. The molecule has 1 unspecified atom stereocenters. The number of carbonyl (C=O) groups is 2. The molecule has 0 aliphatic carbocycles. The lowest BCUT2D eigenvalue weighted by Gasteiger charge is -2.35. The molecule has 5 nitrogen and oxygen atoms in total. The number of piperazine rings is 1. The summed E-state index contributed by atoms with van der Waals surface area (Å²) in [6.07, 6.45) is 1.17. The first-order valence-electron chi connectivity index (χ1n) is 7.55. The molecule has 1 aliphatic rings. The van der Waals surface area contributed by atoms with Gasteiger partial charge in [0.1, 0.15) is 0 Å². The molecule has 1 heterocycles. The van der Waals surface area contributed by atoms with Crippen molar-refractivity contribution in [2.24, 2.45) is 5.73 Å². The van der Waals surface area contributed by atoms with Gasteiger partial charge in [-0.1, -0.05) is 11.6 Å². The van der Waals surface area contributed by atoms with E-state index >= 15 is 0 Å². The molecule has 1 aromatic rings. The maximum Gasteiger partial charge on any atom is 0.253 e. The Morgan fingerprint density at radius 1 is 1.13 bits per heavy atom. The Balaban J connectivity index is 0.00000264. The van der Waals surface area contributed by atoms with E-state index in [2.05, 4.69) is 0 Å². The van der Waals surface area contributed by atoms with Crippen molar-refractivity contribution in [1.82, 2.24) is 9.80 Å². The molecule has 0 bridgehead atoms. The van der Waals surface area contributed by atoms with Crippen molar-refractivity contribution < 1.29 is 9.59 Å². The standard InChI is InChI=1S/C16H22ClN3O2.ClH/c1-12(18)2-7-15(21)19-8-10-20(11-9-19)16(22)13-3-5-14(17)6-4-13;/h3-6,12H,2,7-11,18H2,1H3;1H. The van der Waals surface area contributed by atoms with Crippen LogP contribution in [0.3, 0.4) is 0 Å². The van der Waals surface area contributed by atoms with Crippen molar-refractivity contribution in [2.75, 3.05) is 26.2 Å². The van der Waals surface area contributed by atoms with E-state index < -0.39 is 0 Å². The third-order valence-electron chi connectivity index (χ3n) is 3.82. The number of hydrogen-bond acceptors (Lipinski definition) is 3. The van der Waals surface area contributed by atoms with Crippen LogP contribution in [0.25, 0.3) is 0 Å². The second-order valence-electron chi connectivity index (χ2n) is 5.70. The lowest BCUT2D eigenvalue weighted by Crippen LogP contribution is -2.50. The van der Waals surface area contributed by atoms with Crippen LogP contribution < -0.4 is 5.73 Å². The van der Waals surface area contributed by atoms with Gasteiger partial charge in [-0.2, -0.15) is 0 Å². The van der Waals surface area contributed by atoms with E-state index in [0.717, 1.165) is 0 Å². The predicted octanol–water partition coefficient (Wildman–Crippen LogP) is 2.17. The van der Waals surface area contributed by atoms with Crippen LogP contribution >= 0.6 is 24.0 Å². The van der Waals surface area contributed by atoms with E-state index in [4.69, 9.17) is 17.3 Å². The first-order valence-corrected chi connectivity index (χ1v) is 7.93. The average molecular weight is 360 g/mol. The topological polar surface area (TPSA) is 66.6 Å². The third kappa shape index (κ3) is 5.68. The molecule has 0 aromatic heterocycles.